The van der Waals surface area contributed by atoms with Gasteiger partial charge in [-0.2, -0.15) is 0 Å². The Labute approximate surface area is 446 Å². The summed E-state index contributed by atoms with van der Waals surface area (Å²) in [5.74, 6) is 2.68. The summed E-state index contributed by atoms with van der Waals surface area (Å²) in [6.45, 7) is 24.9. The fraction of sp³-hybridized carbons (Fsp3) is 1.00. The van der Waals surface area contributed by atoms with Gasteiger partial charge in [-0.05, 0) is 56.8 Å². The molecule has 0 radical (unpaired) electrons. The lowest BCUT2D eigenvalue weighted by molar-refractivity contribution is 0.0789. The van der Waals surface area contributed by atoms with E-state index in [2.05, 4.69) is 67.8 Å². The highest BCUT2D eigenvalue weighted by molar-refractivity contribution is 4.62. The van der Waals surface area contributed by atoms with Gasteiger partial charge < -0.3 is 15.1 Å². The number of nitrogens with one attached hydrogen (secondary N) is 1. The molecule has 3 N–H and O–H groups in total. The van der Waals surface area contributed by atoms with Crippen LogP contribution in [0.3, 0.4) is 0 Å². The first-order chi connectivity index (χ1) is 34.2. The molecule has 0 bridgehead atoms. The molecule has 0 aromatic carbocycles. The highest BCUT2D eigenvalue weighted by Gasteiger charge is 2.10. The molecule has 0 aromatic rings. The second-order valence-corrected chi connectivity index (χ2v) is 22.8. The Morgan fingerprint density at radius 3 is 0.843 bits per heavy atom. The van der Waals surface area contributed by atoms with E-state index in [0.29, 0.717) is 0 Å². The van der Waals surface area contributed by atoms with Gasteiger partial charge in [0, 0.05) is 19.8 Å². The number of aliphatic hydroxyl groups excluding tert-OH is 1. The van der Waals surface area contributed by atoms with E-state index in [1.54, 1.807) is 0 Å². The number of aliphatic hydroxyl groups is 1. The standard InChI is InChI=1S/C29H60O2.C25H52.C8H18.C4H11NO/c1-4-6-8-10-12-14-15-17-19-21-25-29(27-31-26-22-23-28(3)30)24-20-18-16-13-11-9-7-5-2;1-4-7-9-11-13-15-16-18-20-22-24-25(6-3)23-21-19-17-14-12-10-8-5-2;1-4-5-6-7-8(2)3;1-2-3-4-5-6/h28-30H,4-27H2,1-3H3;25H,4-24H2,1-3H3;8H,4-7H2,1-3H3;5-6H,2-4H2,1H3. The molecule has 0 fully saturated rings. The Morgan fingerprint density at radius 2 is 0.586 bits per heavy atom. The zero-order chi connectivity index (χ0) is 52.5. The Kier molecular flexibility index (Phi) is 79.7. The van der Waals surface area contributed by atoms with Gasteiger partial charge in [-0.3, -0.25) is 0 Å². The average Bonchev–Trinajstić information content (AvgIpc) is 3.35. The van der Waals surface area contributed by atoms with Gasteiger partial charge in [0.1, 0.15) is 0 Å². The summed E-state index contributed by atoms with van der Waals surface area (Å²) in [4.78, 5) is 0. The highest BCUT2D eigenvalue weighted by Crippen LogP contribution is 2.23. The smallest absolute Gasteiger partial charge is 0.0513 e. The zero-order valence-corrected chi connectivity index (χ0v) is 50.9. The summed E-state index contributed by atoms with van der Waals surface area (Å²) >= 11 is 0. The summed E-state index contributed by atoms with van der Waals surface area (Å²) in [6, 6.07) is 0. The molecule has 0 aliphatic rings. The molecule has 0 amide bonds. The van der Waals surface area contributed by atoms with Gasteiger partial charge in [-0.15, -0.1) is 0 Å². The maximum Gasteiger partial charge on any atom is 0.0513 e. The van der Waals surface area contributed by atoms with Gasteiger partial charge in [-0.1, -0.05) is 345 Å². The largest absolute Gasteiger partial charge is 0.393 e. The number of rotatable bonds is 54. The van der Waals surface area contributed by atoms with Crippen LogP contribution in [0.5, 0.6) is 0 Å². The van der Waals surface area contributed by atoms with E-state index in [1.165, 1.54) is 289 Å². The summed E-state index contributed by atoms with van der Waals surface area (Å²) in [6.07, 6.45) is 68.4. The molecule has 0 aliphatic heterocycles. The summed E-state index contributed by atoms with van der Waals surface area (Å²) < 4.78 is 6.00. The average molecular weight is 997 g/mol. The number of unbranched alkanes of at least 4 members (excludes halogenated alkanes) is 35. The fourth-order valence-electron chi connectivity index (χ4n) is 9.63. The molecule has 4 heteroatoms. The van der Waals surface area contributed by atoms with Crippen LogP contribution in [-0.4, -0.2) is 36.2 Å². The van der Waals surface area contributed by atoms with Crippen molar-refractivity contribution in [1.29, 1.82) is 0 Å². The highest BCUT2D eigenvalue weighted by atomic mass is 16.5. The van der Waals surface area contributed by atoms with Gasteiger partial charge >= 0.3 is 0 Å². The molecule has 0 saturated carbocycles. The third-order valence-electron chi connectivity index (χ3n) is 14.7. The van der Waals surface area contributed by atoms with Crippen molar-refractivity contribution in [3.63, 3.8) is 0 Å². The molecule has 4 nitrogen and oxygen atoms in total. The lowest BCUT2D eigenvalue weighted by Gasteiger charge is -2.17. The summed E-state index contributed by atoms with van der Waals surface area (Å²) in [7, 11) is 0. The number of ether oxygens (including phenoxy) is 1. The minimum absolute atomic E-state index is 0.191. The van der Waals surface area contributed by atoms with Crippen LogP contribution in [0.2, 0.25) is 0 Å². The van der Waals surface area contributed by atoms with Crippen molar-refractivity contribution in [2.75, 3.05) is 19.8 Å². The first kappa shape index (κ1) is 76.3. The van der Waals surface area contributed by atoms with Crippen LogP contribution < -0.4 is 5.48 Å². The quantitative estimate of drug-likeness (QED) is 0.0420. The maximum atomic E-state index is 9.40. The Bertz CT molecular complexity index is 815. The molecule has 0 rings (SSSR count). The molecule has 0 saturated heterocycles. The lowest BCUT2D eigenvalue weighted by atomic mass is 9.92. The summed E-state index contributed by atoms with van der Waals surface area (Å²) in [5, 5.41) is 17.3. The molecule has 0 heterocycles. The molecule has 0 aromatic heterocycles. The number of hydrogen-bond donors (Lipinski definition) is 3. The monoisotopic (exact) mass is 996 g/mol. The predicted octanol–water partition coefficient (Wildman–Crippen LogP) is 23.5. The topological polar surface area (TPSA) is 61.7 Å². The molecule has 0 spiro atoms. The third kappa shape index (κ3) is 79.3. The summed E-state index contributed by atoms with van der Waals surface area (Å²) in [5.41, 5.74) is 2.07. The molecule has 70 heavy (non-hydrogen) atoms. The van der Waals surface area contributed by atoms with E-state index in [-0.39, 0.29) is 6.10 Å². The van der Waals surface area contributed by atoms with Crippen LogP contribution in [0.25, 0.3) is 0 Å². The van der Waals surface area contributed by atoms with Gasteiger partial charge in [0.25, 0.3) is 0 Å². The first-order valence-corrected chi connectivity index (χ1v) is 32.9. The van der Waals surface area contributed by atoms with Crippen molar-refractivity contribution in [2.45, 2.75) is 390 Å². The third-order valence-corrected chi connectivity index (χ3v) is 14.7. The Balaban J connectivity index is -0.000000493. The van der Waals surface area contributed by atoms with Crippen LogP contribution in [0.1, 0.15) is 384 Å². The normalized spacial score (nSPS) is 12.5. The number of hydrogen-bond acceptors (Lipinski definition) is 4. The van der Waals surface area contributed by atoms with Crippen molar-refractivity contribution in [3.05, 3.63) is 0 Å². The van der Waals surface area contributed by atoms with Crippen LogP contribution in [0.15, 0.2) is 0 Å². The van der Waals surface area contributed by atoms with Gasteiger partial charge in [-0.25, -0.2) is 5.48 Å². The van der Waals surface area contributed by atoms with E-state index >= 15 is 0 Å². The van der Waals surface area contributed by atoms with E-state index in [9.17, 15) is 5.11 Å². The minimum atomic E-state index is -0.191. The first-order valence-electron chi connectivity index (χ1n) is 32.9. The fourth-order valence-corrected chi connectivity index (χ4v) is 9.63. The molecular formula is C66H141NO3. The van der Waals surface area contributed by atoms with Crippen molar-refractivity contribution in [3.8, 4) is 0 Å². The van der Waals surface area contributed by atoms with Crippen molar-refractivity contribution in [2.24, 2.45) is 17.8 Å². The zero-order valence-electron chi connectivity index (χ0n) is 50.9. The van der Waals surface area contributed by atoms with E-state index in [1.807, 2.05) is 6.92 Å². The second kappa shape index (κ2) is 73.1. The predicted molar refractivity (Wildman–Crippen MR) is 320 cm³/mol. The Morgan fingerprint density at radius 1 is 0.314 bits per heavy atom. The molecule has 3 unspecified atom stereocenters. The lowest BCUT2D eigenvalue weighted by Crippen LogP contribution is -2.12. The Hall–Kier alpha value is -0.160. The van der Waals surface area contributed by atoms with Crippen LogP contribution in [0.4, 0.5) is 0 Å². The van der Waals surface area contributed by atoms with Crippen molar-refractivity contribution >= 4 is 0 Å². The van der Waals surface area contributed by atoms with Gasteiger partial charge in [0.05, 0.1) is 6.10 Å². The SMILES string of the molecule is CCCCCC(C)C.CCCCCCCCCCCCC(CC)CCCCCCCCCC.CCCCCCCCCCCCC(CCCCCCCCCC)COCCCC(C)O.CCCCNO. The van der Waals surface area contributed by atoms with Crippen LogP contribution in [-0.2, 0) is 4.74 Å². The maximum absolute atomic E-state index is 9.40. The van der Waals surface area contributed by atoms with E-state index < -0.39 is 0 Å². The van der Waals surface area contributed by atoms with Gasteiger partial charge in [0.15, 0.2) is 0 Å². The molecule has 0 aliphatic carbocycles. The van der Waals surface area contributed by atoms with Crippen LogP contribution in [0, 0.1) is 17.8 Å². The van der Waals surface area contributed by atoms with Crippen LogP contribution >= 0.6 is 0 Å². The van der Waals surface area contributed by atoms with E-state index in [0.717, 1.165) is 63.2 Å². The minimum Gasteiger partial charge on any atom is -0.393 e. The number of hydroxylamine groups is 1. The van der Waals surface area contributed by atoms with Crippen molar-refractivity contribution < 1.29 is 15.1 Å². The molecular weight excluding hydrogens is 855 g/mol. The van der Waals surface area contributed by atoms with Crippen molar-refractivity contribution in [1.82, 2.24) is 5.48 Å². The van der Waals surface area contributed by atoms with Gasteiger partial charge in [0.2, 0.25) is 0 Å². The molecule has 428 valence electrons. The van der Waals surface area contributed by atoms with E-state index in [4.69, 9.17) is 9.94 Å². The molecule has 3 atom stereocenters. The second-order valence-electron chi connectivity index (χ2n) is 22.8.